The topological polar surface area (TPSA) is 9.23 Å². The maximum absolute atomic E-state index is 15.3. The Kier molecular flexibility index (Phi) is 6.92. The van der Waals surface area contributed by atoms with E-state index in [0.29, 0.717) is 29.7 Å². The zero-order valence-corrected chi connectivity index (χ0v) is 18.7. The van der Waals surface area contributed by atoms with Crippen molar-refractivity contribution in [1.82, 2.24) is 0 Å². The number of halogens is 7. The summed E-state index contributed by atoms with van der Waals surface area (Å²) in [6.45, 7) is 2.05. The van der Waals surface area contributed by atoms with Crippen LogP contribution in [0.2, 0.25) is 0 Å². The molecule has 0 amide bonds. The maximum Gasteiger partial charge on any atom is 0.573 e. The summed E-state index contributed by atoms with van der Waals surface area (Å²) < 4.78 is 99.8. The lowest BCUT2D eigenvalue weighted by molar-refractivity contribution is -0.275. The van der Waals surface area contributed by atoms with Crippen molar-refractivity contribution in [3.05, 3.63) is 88.0 Å². The first-order valence-electron chi connectivity index (χ1n) is 11.1. The predicted molar refractivity (Wildman–Crippen MR) is 120 cm³/mol. The number of unbranched alkanes of at least 4 members (excludes halogenated alkanes) is 1. The molecule has 4 rings (SSSR count). The Morgan fingerprint density at radius 3 is 2.29 bits per heavy atom. The van der Waals surface area contributed by atoms with Gasteiger partial charge in [-0.25, -0.2) is 17.6 Å². The van der Waals surface area contributed by atoms with Gasteiger partial charge in [0, 0.05) is 5.56 Å². The number of aryl methyl sites for hydroxylation is 1. The van der Waals surface area contributed by atoms with Crippen LogP contribution in [0.4, 0.5) is 30.7 Å². The molecule has 0 unspecified atom stereocenters. The van der Waals surface area contributed by atoms with Gasteiger partial charge in [0.1, 0.15) is 17.5 Å². The van der Waals surface area contributed by atoms with Gasteiger partial charge in [-0.05, 0) is 77.8 Å². The number of alkyl halides is 3. The molecule has 8 heteroatoms. The molecule has 0 aromatic heterocycles. The molecule has 0 radical (unpaired) electrons. The van der Waals surface area contributed by atoms with Crippen molar-refractivity contribution in [2.24, 2.45) is 0 Å². The van der Waals surface area contributed by atoms with Gasteiger partial charge >= 0.3 is 6.36 Å². The van der Waals surface area contributed by atoms with Gasteiger partial charge in [0.15, 0.2) is 11.6 Å². The Hall–Kier alpha value is -3.29. The molecular formula is C27H21F7O. The van der Waals surface area contributed by atoms with E-state index in [1.54, 1.807) is 6.07 Å². The van der Waals surface area contributed by atoms with Gasteiger partial charge in [0.2, 0.25) is 0 Å². The standard InChI is InChI=1S/C27H21F7O/c1-2-3-4-15-5-8-19(21(28)11-15)16-6-9-20-18(12-16)14-23(30)25(26(20)31)17-7-10-24(22(29)13-17)35-27(32,33)34/h5,7-8,10-14H,2-4,6,9H2,1H3. The van der Waals surface area contributed by atoms with E-state index in [0.717, 1.165) is 37.0 Å². The summed E-state index contributed by atoms with van der Waals surface area (Å²) in [7, 11) is 0. The van der Waals surface area contributed by atoms with Crippen LogP contribution in [0.1, 0.15) is 48.4 Å². The lowest BCUT2D eigenvalue weighted by Gasteiger charge is -2.20. The molecule has 0 fully saturated rings. The minimum absolute atomic E-state index is 0.148. The van der Waals surface area contributed by atoms with Crippen LogP contribution in [0.25, 0.3) is 22.8 Å². The molecule has 1 aliphatic rings. The van der Waals surface area contributed by atoms with Crippen LogP contribution in [0.3, 0.4) is 0 Å². The Morgan fingerprint density at radius 1 is 0.857 bits per heavy atom. The lowest BCUT2D eigenvalue weighted by atomic mass is 9.85. The van der Waals surface area contributed by atoms with E-state index in [9.17, 15) is 26.3 Å². The largest absolute Gasteiger partial charge is 0.573 e. The number of ether oxygens (including phenoxy) is 1. The fraction of sp³-hybridized carbons (Fsp3) is 0.259. The summed E-state index contributed by atoms with van der Waals surface area (Å²) in [4.78, 5) is 0. The maximum atomic E-state index is 15.3. The van der Waals surface area contributed by atoms with Crippen LogP contribution in [-0.2, 0) is 12.8 Å². The molecule has 0 saturated carbocycles. The number of hydrogen-bond acceptors (Lipinski definition) is 1. The number of rotatable bonds is 6. The molecule has 0 atom stereocenters. The Bertz CT molecular complexity index is 1290. The molecule has 0 spiro atoms. The van der Waals surface area contributed by atoms with E-state index in [1.807, 2.05) is 13.0 Å². The summed E-state index contributed by atoms with van der Waals surface area (Å²) >= 11 is 0. The van der Waals surface area contributed by atoms with E-state index >= 15 is 4.39 Å². The van der Waals surface area contributed by atoms with Gasteiger partial charge in [-0.1, -0.05) is 37.6 Å². The summed E-state index contributed by atoms with van der Waals surface area (Å²) in [5, 5.41) is 0. The molecule has 35 heavy (non-hydrogen) atoms. The monoisotopic (exact) mass is 494 g/mol. The molecule has 3 aromatic carbocycles. The smallest absolute Gasteiger partial charge is 0.403 e. The van der Waals surface area contributed by atoms with Gasteiger partial charge in [0.05, 0.1) is 5.56 Å². The first kappa shape index (κ1) is 24.8. The molecule has 1 nitrogen and oxygen atoms in total. The van der Waals surface area contributed by atoms with Gasteiger partial charge < -0.3 is 4.74 Å². The minimum atomic E-state index is -5.11. The molecule has 0 bridgehead atoms. The van der Waals surface area contributed by atoms with Crippen LogP contribution in [-0.4, -0.2) is 6.36 Å². The molecular weight excluding hydrogens is 473 g/mol. The van der Waals surface area contributed by atoms with E-state index < -0.39 is 40.9 Å². The predicted octanol–water partition coefficient (Wildman–Crippen LogP) is 8.64. The van der Waals surface area contributed by atoms with Crippen LogP contribution in [0, 0.1) is 23.3 Å². The van der Waals surface area contributed by atoms with Crippen LogP contribution in [0.5, 0.6) is 5.75 Å². The third-order valence-electron chi connectivity index (χ3n) is 5.97. The van der Waals surface area contributed by atoms with Crippen molar-refractivity contribution in [3.8, 4) is 16.9 Å². The lowest BCUT2D eigenvalue weighted by Crippen LogP contribution is -2.18. The van der Waals surface area contributed by atoms with E-state index in [2.05, 4.69) is 4.74 Å². The second kappa shape index (κ2) is 9.76. The number of allylic oxidation sites excluding steroid dienone is 1. The molecule has 184 valence electrons. The summed E-state index contributed by atoms with van der Waals surface area (Å²) in [5.74, 6) is -4.86. The highest BCUT2D eigenvalue weighted by Gasteiger charge is 2.32. The van der Waals surface area contributed by atoms with E-state index in [4.69, 9.17) is 0 Å². The Morgan fingerprint density at radius 2 is 1.63 bits per heavy atom. The van der Waals surface area contributed by atoms with Crippen LogP contribution >= 0.6 is 0 Å². The molecule has 0 N–H and O–H groups in total. The average molecular weight is 494 g/mol. The first-order valence-corrected chi connectivity index (χ1v) is 11.1. The van der Waals surface area contributed by atoms with Gasteiger partial charge in [-0.3, -0.25) is 0 Å². The molecule has 0 saturated heterocycles. The average Bonchev–Trinajstić information content (AvgIpc) is 2.78. The van der Waals surface area contributed by atoms with Crippen molar-refractivity contribution < 1.29 is 35.5 Å². The number of fused-ring (bicyclic) bond motifs is 1. The van der Waals surface area contributed by atoms with Crippen LogP contribution < -0.4 is 4.74 Å². The first-order chi connectivity index (χ1) is 16.6. The second-order valence-corrected chi connectivity index (χ2v) is 8.40. The highest BCUT2D eigenvalue weighted by Crippen LogP contribution is 2.39. The highest BCUT2D eigenvalue weighted by molar-refractivity contribution is 5.86. The summed E-state index contributed by atoms with van der Waals surface area (Å²) in [5.41, 5.74) is 1.43. The van der Waals surface area contributed by atoms with Crippen molar-refractivity contribution in [3.63, 3.8) is 0 Å². The fourth-order valence-corrected chi connectivity index (χ4v) is 4.28. The molecule has 0 heterocycles. The SMILES string of the molecule is CCCCc1ccc(C2=Cc3cc(F)c(-c4ccc(OC(F)(F)F)c(F)c4)c(F)c3CC2)c(F)c1. The third-order valence-corrected chi connectivity index (χ3v) is 5.97. The third kappa shape index (κ3) is 5.36. The normalized spacial score (nSPS) is 13.4. The molecule has 3 aromatic rings. The van der Waals surface area contributed by atoms with Crippen molar-refractivity contribution >= 4 is 11.6 Å². The minimum Gasteiger partial charge on any atom is -0.403 e. The summed E-state index contributed by atoms with van der Waals surface area (Å²) in [6, 6.07) is 8.28. The molecule has 1 aliphatic carbocycles. The van der Waals surface area contributed by atoms with Crippen molar-refractivity contribution in [2.45, 2.75) is 45.4 Å². The van der Waals surface area contributed by atoms with Crippen molar-refractivity contribution in [1.29, 1.82) is 0 Å². The zero-order chi connectivity index (χ0) is 25.3. The van der Waals surface area contributed by atoms with Gasteiger partial charge in [-0.2, -0.15) is 0 Å². The Labute approximate surface area is 197 Å². The summed E-state index contributed by atoms with van der Waals surface area (Å²) in [6.07, 6.45) is -0.440. The quantitative estimate of drug-likeness (QED) is 0.312. The fourth-order valence-electron chi connectivity index (χ4n) is 4.28. The van der Waals surface area contributed by atoms with Crippen molar-refractivity contribution in [2.75, 3.05) is 0 Å². The zero-order valence-electron chi connectivity index (χ0n) is 18.7. The molecule has 0 aliphatic heterocycles. The highest BCUT2D eigenvalue weighted by atomic mass is 19.4. The van der Waals surface area contributed by atoms with Crippen LogP contribution in [0.15, 0.2) is 42.5 Å². The number of hydrogen-bond donors (Lipinski definition) is 0. The Balaban J connectivity index is 1.68. The van der Waals surface area contributed by atoms with E-state index in [1.165, 1.54) is 12.1 Å². The van der Waals surface area contributed by atoms with E-state index in [-0.39, 0.29) is 23.1 Å². The second-order valence-electron chi connectivity index (χ2n) is 8.40. The number of benzene rings is 3. The van der Waals surface area contributed by atoms with Gasteiger partial charge in [0.25, 0.3) is 0 Å². The van der Waals surface area contributed by atoms with Gasteiger partial charge in [-0.15, -0.1) is 13.2 Å².